The number of carbonyl (C=O) groups is 5. The number of halogens is 1. The average molecular weight is 540 g/mol. The fourth-order valence-electron chi connectivity index (χ4n) is 3.35. The Morgan fingerprint density at radius 1 is 0.892 bits per heavy atom. The highest BCUT2D eigenvalue weighted by Crippen LogP contribution is 2.09. The molecule has 0 spiro atoms. The summed E-state index contributed by atoms with van der Waals surface area (Å²) in [6.45, 7) is 6.72. The number of nitrogens with one attached hydrogen (secondary N) is 3. The maximum Gasteiger partial charge on any atom is 0.328 e. The van der Waals surface area contributed by atoms with Gasteiger partial charge in [-0.3, -0.25) is 19.2 Å². The predicted molar refractivity (Wildman–Crippen MR) is 139 cm³/mol. The molecule has 0 bridgehead atoms. The van der Waals surface area contributed by atoms with Crippen molar-refractivity contribution in [2.24, 2.45) is 5.92 Å². The van der Waals surface area contributed by atoms with Crippen LogP contribution in [0.3, 0.4) is 0 Å². The first-order chi connectivity index (χ1) is 17.6. The number of benzene rings is 1. The molecule has 1 aromatic carbocycles. The Balaban J connectivity index is 3.04. The van der Waals surface area contributed by atoms with Crippen LogP contribution in [0.2, 0.25) is 0 Å². The largest absolute Gasteiger partial charge is 0.464 e. The first-order valence-electron chi connectivity index (χ1n) is 12.4. The van der Waals surface area contributed by atoms with Crippen molar-refractivity contribution in [1.29, 1.82) is 0 Å². The van der Waals surface area contributed by atoms with E-state index in [4.69, 9.17) is 21.1 Å². The van der Waals surface area contributed by atoms with Gasteiger partial charge in [0.15, 0.2) is 0 Å². The van der Waals surface area contributed by atoms with E-state index in [-0.39, 0.29) is 25.4 Å². The minimum absolute atomic E-state index is 0.00780. The average Bonchev–Trinajstić information content (AvgIpc) is 2.85. The minimum Gasteiger partial charge on any atom is -0.464 e. The van der Waals surface area contributed by atoms with Crippen molar-refractivity contribution in [2.45, 2.75) is 71.5 Å². The molecule has 1 rings (SSSR count). The summed E-state index contributed by atoms with van der Waals surface area (Å²) in [5, 5.41) is 7.74. The van der Waals surface area contributed by atoms with Crippen LogP contribution in [-0.4, -0.2) is 66.9 Å². The van der Waals surface area contributed by atoms with Gasteiger partial charge in [0, 0.05) is 13.3 Å². The van der Waals surface area contributed by atoms with Crippen LogP contribution in [0.1, 0.15) is 52.5 Å². The van der Waals surface area contributed by atoms with Crippen LogP contribution >= 0.6 is 11.6 Å². The molecule has 3 atom stereocenters. The van der Waals surface area contributed by atoms with Crippen molar-refractivity contribution < 1.29 is 33.4 Å². The van der Waals surface area contributed by atoms with Gasteiger partial charge in [0.25, 0.3) is 0 Å². The Morgan fingerprint density at radius 3 is 2.08 bits per heavy atom. The van der Waals surface area contributed by atoms with E-state index >= 15 is 0 Å². The molecule has 0 saturated carbocycles. The molecule has 0 aliphatic carbocycles. The second kappa shape index (κ2) is 17.3. The summed E-state index contributed by atoms with van der Waals surface area (Å²) < 4.78 is 10.3. The van der Waals surface area contributed by atoms with Gasteiger partial charge in [-0.15, -0.1) is 11.6 Å². The van der Waals surface area contributed by atoms with Crippen molar-refractivity contribution in [2.75, 3.05) is 19.1 Å². The van der Waals surface area contributed by atoms with Crippen molar-refractivity contribution in [3.63, 3.8) is 0 Å². The summed E-state index contributed by atoms with van der Waals surface area (Å²) in [5.41, 5.74) is 0.830. The Bertz CT molecular complexity index is 895. The highest BCUT2D eigenvalue weighted by Gasteiger charge is 2.31. The van der Waals surface area contributed by atoms with Gasteiger partial charge in [0.1, 0.15) is 30.6 Å². The van der Waals surface area contributed by atoms with E-state index < -0.39 is 60.3 Å². The Hall–Kier alpha value is -3.14. The van der Waals surface area contributed by atoms with Gasteiger partial charge in [-0.2, -0.15) is 0 Å². The van der Waals surface area contributed by atoms with E-state index in [2.05, 4.69) is 16.0 Å². The van der Waals surface area contributed by atoms with Gasteiger partial charge in [-0.1, -0.05) is 57.5 Å². The fourth-order valence-corrected chi connectivity index (χ4v) is 3.43. The zero-order chi connectivity index (χ0) is 27.8. The van der Waals surface area contributed by atoms with E-state index in [9.17, 15) is 24.0 Å². The molecule has 0 heterocycles. The standard InChI is InChI=1S/C26H38ClN3O7/c1-5-6-12-36-26(35)21(14-19-10-8-7-9-11-19)30-24(33)20(13-17(2)3)29-25(34)22(28-18(4)31)16-37-23(32)15-27/h7-11,17,20-22H,5-6,12-16H2,1-4H3,(H,28,31)(H,29,34)(H,30,33)/t20-,21-,22-/m0/s1. The smallest absolute Gasteiger partial charge is 0.328 e. The lowest BCUT2D eigenvalue weighted by molar-refractivity contribution is -0.148. The van der Waals surface area contributed by atoms with Crippen LogP contribution in [0.5, 0.6) is 0 Å². The van der Waals surface area contributed by atoms with Crippen molar-refractivity contribution in [3.8, 4) is 0 Å². The normalized spacial score (nSPS) is 13.1. The number of carbonyl (C=O) groups excluding carboxylic acids is 5. The zero-order valence-corrected chi connectivity index (χ0v) is 22.6. The van der Waals surface area contributed by atoms with Crippen LogP contribution < -0.4 is 16.0 Å². The summed E-state index contributed by atoms with van der Waals surface area (Å²) in [6, 6.07) is 5.98. The predicted octanol–water partition coefficient (Wildman–Crippen LogP) is 1.87. The lowest BCUT2D eigenvalue weighted by Gasteiger charge is -2.26. The maximum absolute atomic E-state index is 13.3. The van der Waals surface area contributed by atoms with Crippen LogP contribution in [0.25, 0.3) is 0 Å². The molecule has 0 radical (unpaired) electrons. The lowest BCUT2D eigenvalue weighted by Crippen LogP contribution is -2.57. The van der Waals surface area contributed by atoms with E-state index in [1.807, 2.05) is 51.1 Å². The van der Waals surface area contributed by atoms with Crippen molar-refractivity contribution in [3.05, 3.63) is 35.9 Å². The molecule has 10 nitrogen and oxygen atoms in total. The molecule has 206 valence electrons. The third-order valence-corrected chi connectivity index (χ3v) is 5.40. The van der Waals surface area contributed by atoms with E-state index in [1.54, 1.807) is 0 Å². The highest BCUT2D eigenvalue weighted by atomic mass is 35.5. The first kappa shape index (κ1) is 31.9. The molecule has 1 aromatic rings. The van der Waals surface area contributed by atoms with Crippen LogP contribution in [-0.2, 0) is 39.9 Å². The molecule has 0 aliphatic heterocycles. The highest BCUT2D eigenvalue weighted by molar-refractivity contribution is 6.26. The number of rotatable bonds is 16. The molecule has 0 fully saturated rings. The Morgan fingerprint density at radius 2 is 1.51 bits per heavy atom. The quantitative estimate of drug-likeness (QED) is 0.165. The molecular formula is C26H38ClN3O7. The zero-order valence-electron chi connectivity index (χ0n) is 21.9. The fraction of sp³-hybridized carbons (Fsp3) is 0.577. The number of alkyl halides is 1. The van der Waals surface area contributed by atoms with Gasteiger partial charge in [0.2, 0.25) is 17.7 Å². The summed E-state index contributed by atoms with van der Waals surface area (Å²) in [6.07, 6.45) is 2.02. The molecule has 0 saturated heterocycles. The molecule has 0 aliphatic rings. The van der Waals surface area contributed by atoms with Crippen molar-refractivity contribution in [1.82, 2.24) is 16.0 Å². The second-order valence-electron chi connectivity index (χ2n) is 9.03. The van der Waals surface area contributed by atoms with E-state index in [0.29, 0.717) is 6.42 Å². The summed E-state index contributed by atoms with van der Waals surface area (Å²) in [4.78, 5) is 62.0. The summed E-state index contributed by atoms with van der Waals surface area (Å²) in [7, 11) is 0. The molecule has 3 amide bonds. The molecule has 11 heteroatoms. The number of amides is 3. The number of hydrogen-bond donors (Lipinski definition) is 3. The van der Waals surface area contributed by atoms with Gasteiger partial charge < -0.3 is 25.4 Å². The monoisotopic (exact) mass is 539 g/mol. The summed E-state index contributed by atoms with van der Waals surface area (Å²) >= 11 is 5.42. The van der Waals surface area contributed by atoms with Gasteiger partial charge in [-0.05, 0) is 24.3 Å². The number of esters is 2. The van der Waals surface area contributed by atoms with E-state index in [0.717, 1.165) is 12.0 Å². The van der Waals surface area contributed by atoms with Gasteiger partial charge in [-0.25, -0.2) is 4.79 Å². The first-order valence-corrected chi connectivity index (χ1v) is 12.9. The number of hydrogen-bond acceptors (Lipinski definition) is 7. The van der Waals surface area contributed by atoms with E-state index in [1.165, 1.54) is 6.92 Å². The number of unbranched alkanes of at least 4 members (excludes halogenated alkanes) is 1. The molecule has 0 aromatic heterocycles. The summed E-state index contributed by atoms with van der Waals surface area (Å²) in [5.74, 6) is -3.54. The Kier molecular flexibility index (Phi) is 14.9. The third-order valence-electron chi connectivity index (χ3n) is 5.18. The molecule has 3 N–H and O–H groups in total. The van der Waals surface area contributed by atoms with Crippen LogP contribution in [0.15, 0.2) is 30.3 Å². The second-order valence-corrected chi connectivity index (χ2v) is 9.30. The minimum atomic E-state index is -1.23. The lowest BCUT2D eigenvalue weighted by atomic mass is 10.0. The maximum atomic E-state index is 13.3. The molecular weight excluding hydrogens is 502 g/mol. The SMILES string of the molecule is CCCCOC(=O)[C@H](Cc1ccccc1)NC(=O)[C@H](CC(C)C)NC(=O)[C@H](COC(=O)CCl)NC(C)=O. The van der Waals surface area contributed by atoms with Gasteiger partial charge >= 0.3 is 11.9 Å². The van der Waals surface area contributed by atoms with Crippen molar-refractivity contribution >= 4 is 41.3 Å². The number of ether oxygens (including phenoxy) is 2. The topological polar surface area (TPSA) is 140 Å². The van der Waals surface area contributed by atoms with Crippen LogP contribution in [0, 0.1) is 5.92 Å². The van der Waals surface area contributed by atoms with Gasteiger partial charge in [0.05, 0.1) is 6.61 Å². The third kappa shape index (κ3) is 13.1. The van der Waals surface area contributed by atoms with Crippen LogP contribution in [0.4, 0.5) is 0 Å². The molecule has 37 heavy (non-hydrogen) atoms. The molecule has 0 unspecified atom stereocenters. The Labute approximate surface area is 223 Å².